The molecule has 0 aromatic heterocycles. The number of nitrogens with one attached hydrogen (secondary N) is 2. The van der Waals surface area contributed by atoms with Crippen LogP contribution in [0, 0.1) is 0 Å². The van der Waals surface area contributed by atoms with Gasteiger partial charge in [0.2, 0.25) is 0 Å². The van der Waals surface area contributed by atoms with E-state index in [2.05, 4.69) is 28.8 Å². The number of hydrogen-bond acceptors (Lipinski definition) is 2. The number of guanidine groups is 1. The van der Waals surface area contributed by atoms with E-state index in [4.69, 9.17) is 0 Å². The van der Waals surface area contributed by atoms with Crippen LogP contribution in [0.5, 0.6) is 0 Å². The Morgan fingerprint density at radius 3 is 2.33 bits per heavy atom. The number of thioether (sulfide) groups is 1. The Kier molecular flexibility index (Phi) is 11.4. The van der Waals surface area contributed by atoms with Crippen LogP contribution in [0.2, 0.25) is 0 Å². The molecule has 0 spiro atoms. The second-order valence-corrected chi connectivity index (χ2v) is 4.46. The van der Waals surface area contributed by atoms with Gasteiger partial charge >= 0.3 is 0 Å². The second-order valence-electron chi connectivity index (χ2n) is 3.48. The lowest BCUT2D eigenvalue weighted by Gasteiger charge is -2.10. The largest absolute Gasteiger partial charge is 0.356 e. The van der Waals surface area contributed by atoms with E-state index in [0.717, 1.165) is 19.0 Å². The summed E-state index contributed by atoms with van der Waals surface area (Å²) in [7, 11) is 1.82. The van der Waals surface area contributed by atoms with Crippen molar-refractivity contribution in [3.05, 3.63) is 0 Å². The number of rotatable bonds is 8. The Bertz CT molecular complexity index is 160. The molecule has 2 N–H and O–H groups in total. The zero-order chi connectivity index (χ0) is 11.4. The second kappa shape index (κ2) is 11.7. The van der Waals surface area contributed by atoms with Crippen LogP contribution in [0.1, 0.15) is 32.6 Å². The van der Waals surface area contributed by atoms with E-state index < -0.39 is 0 Å². The highest BCUT2D eigenvalue weighted by atomic mass is 32.2. The third kappa shape index (κ3) is 9.91. The lowest BCUT2D eigenvalue weighted by molar-refractivity contribution is 0.706. The normalized spacial score (nSPS) is 11.5. The van der Waals surface area contributed by atoms with Crippen molar-refractivity contribution in [3.8, 4) is 0 Å². The van der Waals surface area contributed by atoms with Crippen molar-refractivity contribution in [2.45, 2.75) is 32.6 Å². The first kappa shape index (κ1) is 14.6. The minimum absolute atomic E-state index is 0.938. The average Bonchev–Trinajstić information content (AvgIpc) is 2.26. The van der Waals surface area contributed by atoms with E-state index in [9.17, 15) is 0 Å². The summed E-state index contributed by atoms with van der Waals surface area (Å²) in [6.45, 7) is 4.23. The maximum Gasteiger partial charge on any atom is 0.190 e. The molecule has 0 heterocycles. The lowest BCUT2D eigenvalue weighted by atomic mass is 10.3. The summed E-state index contributed by atoms with van der Waals surface area (Å²) in [5, 5.41) is 6.61. The third-order valence-corrected chi connectivity index (χ3v) is 2.81. The van der Waals surface area contributed by atoms with E-state index in [1.165, 1.54) is 31.4 Å². The third-order valence-electron chi connectivity index (χ3n) is 2.11. The molecule has 0 unspecified atom stereocenters. The van der Waals surface area contributed by atoms with E-state index in [1.807, 2.05) is 18.8 Å². The Balaban J connectivity index is 3.37. The quantitative estimate of drug-likeness (QED) is 0.381. The molecular weight excluding hydrogens is 206 g/mol. The minimum atomic E-state index is 0.938. The molecule has 0 fully saturated rings. The van der Waals surface area contributed by atoms with Crippen molar-refractivity contribution >= 4 is 17.7 Å². The van der Waals surface area contributed by atoms with E-state index in [0.29, 0.717) is 0 Å². The van der Waals surface area contributed by atoms with Crippen LogP contribution in [-0.4, -0.2) is 38.1 Å². The summed E-state index contributed by atoms with van der Waals surface area (Å²) in [6, 6.07) is 0. The molecule has 0 radical (unpaired) electrons. The van der Waals surface area contributed by atoms with Gasteiger partial charge in [0.1, 0.15) is 0 Å². The van der Waals surface area contributed by atoms with Crippen LogP contribution in [0.15, 0.2) is 4.99 Å². The summed E-state index contributed by atoms with van der Waals surface area (Å²) < 4.78 is 0. The molecule has 90 valence electrons. The van der Waals surface area contributed by atoms with Gasteiger partial charge in [-0.2, -0.15) is 11.8 Å². The van der Waals surface area contributed by atoms with Crippen LogP contribution >= 0.6 is 11.8 Å². The number of hydrogen-bond donors (Lipinski definition) is 2. The molecule has 0 saturated heterocycles. The van der Waals surface area contributed by atoms with Gasteiger partial charge in [0.25, 0.3) is 0 Å². The highest BCUT2D eigenvalue weighted by Gasteiger charge is 1.95. The molecule has 0 aromatic carbocycles. The van der Waals surface area contributed by atoms with Crippen molar-refractivity contribution in [2.75, 3.05) is 32.1 Å². The molecule has 0 saturated carbocycles. The summed E-state index contributed by atoms with van der Waals surface area (Å²) >= 11 is 1.91. The van der Waals surface area contributed by atoms with Gasteiger partial charge in [-0.1, -0.05) is 13.3 Å². The van der Waals surface area contributed by atoms with Crippen LogP contribution < -0.4 is 10.6 Å². The topological polar surface area (TPSA) is 36.4 Å². The van der Waals surface area contributed by atoms with Gasteiger partial charge in [0.15, 0.2) is 5.96 Å². The molecule has 0 amide bonds. The zero-order valence-corrected chi connectivity index (χ0v) is 11.1. The van der Waals surface area contributed by atoms with Crippen molar-refractivity contribution in [1.29, 1.82) is 0 Å². The van der Waals surface area contributed by atoms with Crippen LogP contribution in [-0.2, 0) is 0 Å². The Morgan fingerprint density at radius 2 is 1.80 bits per heavy atom. The predicted molar refractivity (Wildman–Crippen MR) is 71.9 cm³/mol. The maximum atomic E-state index is 4.17. The van der Waals surface area contributed by atoms with Gasteiger partial charge in [-0.15, -0.1) is 0 Å². The van der Waals surface area contributed by atoms with Crippen molar-refractivity contribution in [3.63, 3.8) is 0 Å². The number of unbranched alkanes of at least 4 members (excludes halogenated alkanes) is 2. The van der Waals surface area contributed by atoms with Gasteiger partial charge in [0, 0.05) is 20.1 Å². The highest BCUT2D eigenvalue weighted by Crippen LogP contribution is 1.97. The van der Waals surface area contributed by atoms with Gasteiger partial charge in [0.05, 0.1) is 0 Å². The molecule has 0 aromatic rings. The van der Waals surface area contributed by atoms with E-state index in [1.54, 1.807) is 0 Å². The molecular formula is C11H25N3S. The lowest BCUT2D eigenvalue weighted by Crippen LogP contribution is -2.38. The Hall–Kier alpha value is -0.380. The molecule has 0 atom stereocenters. The van der Waals surface area contributed by atoms with E-state index in [-0.39, 0.29) is 0 Å². The van der Waals surface area contributed by atoms with Crippen LogP contribution in [0.4, 0.5) is 0 Å². The van der Waals surface area contributed by atoms with Gasteiger partial charge in [-0.25, -0.2) is 0 Å². The van der Waals surface area contributed by atoms with Crippen molar-refractivity contribution in [1.82, 2.24) is 10.6 Å². The minimum Gasteiger partial charge on any atom is -0.356 e. The number of nitrogens with zero attached hydrogens (tertiary/aromatic N) is 1. The molecule has 3 nitrogen and oxygen atoms in total. The van der Waals surface area contributed by atoms with E-state index >= 15 is 0 Å². The van der Waals surface area contributed by atoms with Gasteiger partial charge < -0.3 is 10.6 Å². The molecule has 0 aliphatic carbocycles. The first-order valence-corrected chi connectivity index (χ1v) is 7.18. The summed E-state index contributed by atoms with van der Waals surface area (Å²) in [5.41, 5.74) is 0. The molecule has 0 aliphatic rings. The fourth-order valence-electron chi connectivity index (χ4n) is 1.18. The summed E-state index contributed by atoms with van der Waals surface area (Å²) in [4.78, 5) is 4.17. The molecule has 15 heavy (non-hydrogen) atoms. The fraction of sp³-hybridized carbons (Fsp3) is 0.909. The van der Waals surface area contributed by atoms with Crippen LogP contribution in [0.25, 0.3) is 0 Å². The zero-order valence-electron chi connectivity index (χ0n) is 10.3. The van der Waals surface area contributed by atoms with Gasteiger partial charge in [-0.3, -0.25) is 4.99 Å². The van der Waals surface area contributed by atoms with Crippen molar-refractivity contribution < 1.29 is 0 Å². The SMILES string of the molecule is CCCCNC(=NC)NCCCCSC. The van der Waals surface area contributed by atoms with Crippen LogP contribution in [0.3, 0.4) is 0 Å². The smallest absolute Gasteiger partial charge is 0.190 e. The Labute approximate surface area is 98.5 Å². The summed E-state index contributed by atoms with van der Waals surface area (Å²) in [6.07, 6.45) is 7.07. The Morgan fingerprint density at radius 1 is 1.13 bits per heavy atom. The first-order valence-electron chi connectivity index (χ1n) is 5.78. The maximum absolute atomic E-state index is 4.17. The van der Waals surface area contributed by atoms with Gasteiger partial charge in [-0.05, 0) is 31.3 Å². The fourth-order valence-corrected chi connectivity index (χ4v) is 1.68. The molecule has 0 bridgehead atoms. The molecule has 0 aliphatic heterocycles. The molecule has 0 rings (SSSR count). The monoisotopic (exact) mass is 231 g/mol. The highest BCUT2D eigenvalue weighted by molar-refractivity contribution is 7.98. The predicted octanol–water partition coefficient (Wildman–Crippen LogP) is 2.09. The molecule has 4 heteroatoms. The summed E-state index contributed by atoms with van der Waals surface area (Å²) in [5.74, 6) is 2.19. The standard InChI is InChI=1S/C11H25N3S/c1-4-5-8-13-11(12-2)14-9-6-7-10-15-3/h4-10H2,1-3H3,(H2,12,13,14). The average molecular weight is 231 g/mol. The van der Waals surface area contributed by atoms with Crippen molar-refractivity contribution in [2.24, 2.45) is 4.99 Å². The number of aliphatic imine (C=N–C) groups is 1. The first-order chi connectivity index (χ1) is 7.35.